The Hall–Kier alpha value is -2.50. The van der Waals surface area contributed by atoms with Crippen LogP contribution in [0.1, 0.15) is 11.6 Å². The molecular weight excluding hydrogens is 350 g/mol. The molecule has 0 spiro atoms. The molecule has 134 valence electrons. The summed E-state index contributed by atoms with van der Waals surface area (Å²) < 4.78 is 0. The highest BCUT2D eigenvalue weighted by molar-refractivity contribution is 6.30. The van der Waals surface area contributed by atoms with Crippen LogP contribution in [0.4, 0.5) is 5.69 Å². The maximum atomic E-state index is 12.1. The van der Waals surface area contributed by atoms with Gasteiger partial charge in [-0.05, 0) is 24.3 Å². The number of fused-ring (bicyclic) bond motifs is 1. The van der Waals surface area contributed by atoms with Crippen LogP contribution in [0.25, 0.3) is 10.9 Å². The fourth-order valence-electron chi connectivity index (χ4n) is 3.72. The Bertz CT molecular complexity index is 931. The first kappa shape index (κ1) is 16.9. The first-order chi connectivity index (χ1) is 12.6. The molecule has 1 fully saturated rings. The number of piperazine rings is 1. The monoisotopic (exact) mass is 369 g/mol. The van der Waals surface area contributed by atoms with Crippen LogP contribution in [0.5, 0.6) is 0 Å². The second kappa shape index (κ2) is 7.02. The number of aromatic amines is 1. The van der Waals surface area contributed by atoms with Crippen LogP contribution in [0.2, 0.25) is 5.02 Å². The van der Waals surface area contributed by atoms with E-state index in [0.29, 0.717) is 18.1 Å². The Balaban J connectivity index is 1.55. The van der Waals surface area contributed by atoms with Crippen LogP contribution >= 0.6 is 11.6 Å². The van der Waals surface area contributed by atoms with Gasteiger partial charge in [0.05, 0.1) is 0 Å². The molecule has 2 aromatic carbocycles. The SMILES string of the molecule is O=C(O)C(c1c[nH]c2ccccc12)N1CCN(c2cccc(Cl)c2)CC1. The number of benzene rings is 2. The van der Waals surface area contributed by atoms with E-state index in [4.69, 9.17) is 11.6 Å². The van der Waals surface area contributed by atoms with Gasteiger partial charge in [0.25, 0.3) is 0 Å². The van der Waals surface area contributed by atoms with E-state index < -0.39 is 12.0 Å². The van der Waals surface area contributed by atoms with Crippen molar-refractivity contribution in [2.75, 3.05) is 31.1 Å². The van der Waals surface area contributed by atoms with Crippen molar-refractivity contribution in [2.45, 2.75) is 6.04 Å². The molecule has 3 aromatic rings. The number of H-pyrrole nitrogens is 1. The molecule has 0 saturated carbocycles. The maximum absolute atomic E-state index is 12.1. The molecule has 1 saturated heterocycles. The Labute approximate surface area is 156 Å². The number of hydrogen-bond donors (Lipinski definition) is 2. The number of para-hydroxylation sites is 1. The van der Waals surface area contributed by atoms with Crippen molar-refractivity contribution in [3.8, 4) is 0 Å². The predicted molar refractivity (Wildman–Crippen MR) is 104 cm³/mol. The summed E-state index contributed by atoms with van der Waals surface area (Å²) in [6, 6.07) is 15.0. The lowest BCUT2D eigenvalue weighted by Gasteiger charge is -2.38. The van der Waals surface area contributed by atoms with E-state index in [1.54, 1.807) is 0 Å². The standard InChI is InChI=1S/C20H20ClN3O2/c21-14-4-3-5-15(12-14)23-8-10-24(11-9-23)19(20(25)26)17-13-22-18-7-2-1-6-16(17)18/h1-7,12-13,19,22H,8-11H2,(H,25,26). The van der Waals surface area contributed by atoms with Crippen LogP contribution in [0.3, 0.4) is 0 Å². The topological polar surface area (TPSA) is 59.6 Å². The minimum absolute atomic E-state index is 0.646. The zero-order chi connectivity index (χ0) is 18.1. The lowest BCUT2D eigenvalue weighted by atomic mass is 10.0. The molecule has 0 amide bonds. The number of carbonyl (C=O) groups is 1. The Morgan fingerprint density at radius 2 is 1.85 bits per heavy atom. The maximum Gasteiger partial charge on any atom is 0.325 e. The normalized spacial score (nSPS) is 16.7. The van der Waals surface area contributed by atoms with Crippen LogP contribution < -0.4 is 4.90 Å². The van der Waals surface area contributed by atoms with Gasteiger partial charge in [-0.1, -0.05) is 35.9 Å². The number of rotatable bonds is 4. The molecule has 2 N–H and O–H groups in total. The van der Waals surface area contributed by atoms with Gasteiger partial charge in [0, 0.05) is 59.6 Å². The van der Waals surface area contributed by atoms with E-state index >= 15 is 0 Å². The van der Waals surface area contributed by atoms with Gasteiger partial charge in [-0.25, -0.2) is 0 Å². The van der Waals surface area contributed by atoms with E-state index in [0.717, 1.165) is 35.2 Å². The third kappa shape index (κ3) is 3.16. The number of nitrogens with zero attached hydrogens (tertiary/aromatic N) is 2. The van der Waals surface area contributed by atoms with Gasteiger partial charge >= 0.3 is 5.97 Å². The minimum atomic E-state index is -0.814. The zero-order valence-electron chi connectivity index (χ0n) is 14.2. The fraction of sp³-hybridized carbons (Fsp3) is 0.250. The summed E-state index contributed by atoms with van der Waals surface area (Å²) in [5.41, 5.74) is 2.87. The molecule has 2 heterocycles. The highest BCUT2D eigenvalue weighted by Gasteiger charge is 2.32. The van der Waals surface area contributed by atoms with E-state index in [-0.39, 0.29) is 0 Å². The van der Waals surface area contributed by atoms with Crippen LogP contribution in [-0.2, 0) is 4.79 Å². The first-order valence-electron chi connectivity index (χ1n) is 8.67. The molecule has 4 rings (SSSR count). The van der Waals surface area contributed by atoms with Gasteiger partial charge in [-0.3, -0.25) is 9.69 Å². The summed E-state index contributed by atoms with van der Waals surface area (Å²) in [6.07, 6.45) is 1.83. The van der Waals surface area contributed by atoms with Gasteiger partial charge in [0.2, 0.25) is 0 Å². The van der Waals surface area contributed by atoms with Crippen LogP contribution in [-0.4, -0.2) is 47.1 Å². The molecule has 0 bridgehead atoms. The van der Waals surface area contributed by atoms with Crippen molar-refractivity contribution in [3.63, 3.8) is 0 Å². The van der Waals surface area contributed by atoms with Crippen molar-refractivity contribution in [1.82, 2.24) is 9.88 Å². The molecule has 1 aromatic heterocycles. The second-order valence-electron chi connectivity index (χ2n) is 6.53. The predicted octanol–water partition coefficient (Wildman–Crippen LogP) is 3.77. The Kier molecular flexibility index (Phi) is 4.57. The molecule has 5 nitrogen and oxygen atoms in total. The number of aliphatic carboxylic acids is 1. The molecule has 1 atom stereocenters. The van der Waals surface area contributed by atoms with E-state index in [2.05, 4.69) is 9.88 Å². The lowest BCUT2D eigenvalue weighted by molar-refractivity contribution is -0.143. The van der Waals surface area contributed by atoms with E-state index in [1.807, 2.05) is 59.6 Å². The molecule has 1 aliphatic rings. The number of anilines is 1. The number of halogens is 1. The van der Waals surface area contributed by atoms with Gasteiger partial charge in [0.1, 0.15) is 6.04 Å². The average Bonchev–Trinajstić information content (AvgIpc) is 3.06. The van der Waals surface area contributed by atoms with Crippen molar-refractivity contribution < 1.29 is 9.90 Å². The lowest BCUT2D eigenvalue weighted by Crippen LogP contribution is -2.49. The quantitative estimate of drug-likeness (QED) is 0.735. The highest BCUT2D eigenvalue weighted by atomic mass is 35.5. The molecule has 26 heavy (non-hydrogen) atoms. The molecule has 1 unspecified atom stereocenters. The third-order valence-electron chi connectivity index (χ3n) is 5.00. The van der Waals surface area contributed by atoms with E-state index in [9.17, 15) is 9.90 Å². The van der Waals surface area contributed by atoms with Gasteiger partial charge in [0.15, 0.2) is 0 Å². The van der Waals surface area contributed by atoms with Gasteiger partial charge in [-0.15, -0.1) is 0 Å². The van der Waals surface area contributed by atoms with Crippen molar-refractivity contribution in [3.05, 3.63) is 65.3 Å². The largest absolute Gasteiger partial charge is 0.480 e. The third-order valence-corrected chi connectivity index (χ3v) is 5.24. The number of carboxylic acid groups (broad SMARTS) is 1. The average molecular weight is 370 g/mol. The Morgan fingerprint density at radius 1 is 1.08 bits per heavy atom. The molecule has 0 aliphatic carbocycles. The second-order valence-corrected chi connectivity index (χ2v) is 6.97. The number of hydrogen-bond acceptors (Lipinski definition) is 3. The fourth-order valence-corrected chi connectivity index (χ4v) is 3.90. The highest BCUT2D eigenvalue weighted by Crippen LogP contribution is 2.30. The van der Waals surface area contributed by atoms with Crippen LogP contribution in [0.15, 0.2) is 54.7 Å². The summed E-state index contributed by atoms with van der Waals surface area (Å²) in [5.74, 6) is -0.814. The smallest absolute Gasteiger partial charge is 0.325 e. The van der Waals surface area contributed by atoms with Crippen LogP contribution in [0, 0.1) is 0 Å². The molecule has 6 heteroatoms. The van der Waals surface area contributed by atoms with Crippen molar-refractivity contribution in [2.24, 2.45) is 0 Å². The molecule has 1 aliphatic heterocycles. The van der Waals surface area contributed by atoms with Crippen molar-refractivity contribution >= 4 is 34.2 Å². The van der Waals surface area contributed by atoms with Crippen molar-refractivity contribution in [1.29, 1.82) is 0 Å². The van der Waals surface area contributed by atoms with Gasteiger partial charge < -0.3 is 15.0 Å². The molecular formula is C20H20ClN3O2. The minimum Gasteiger partial charge on any atom is -0.480 e. The zero-order valence-corrected chi connectivity index (χ0v) is 15.0. The molecule has 0 radical (unpaired) electrons. The number of nitrogens with one attached hydrogen (secondary N) is 1. The number of aromatic nitrogens is 1. The summed E-state index contributed by atoms with van der Waals surface area (Å²) in [7, 11) is 0. The van der Waals surface area contributed by atoms with Gasteiger partial charge in [-0.2, -0.15) is 0 Å². The Morgan fingerprint density at radius 3 is 2.58 bits per heavy atom. The number of carboxylic acids is 1. The summed E-state index contributed by atoms with van der Waals surface area (Å²) in [4.78, 5) is 19.5. The first-order valence-corrected chi connectivity index (χ1v) is 9.04. The summed E-state index contributed by atoms with van der Waals surface area (Å²) in [6.45, 7) is 2.91. The summed E-state index contributed by atoms with van der Waals surface area (Å²) >= 11 is 6.09. The summed E-state index contributed by atoms with van der Waals surface area (Å²) in [5, 5.41) is 11.6. The van der Waals surface area contributed by atoms with E-state index in [1.165, 1.54) is 0 Å².